The second-order valence-electron chi connectivity index (χ2n) is 10.7. The van der Waals surface area contributed by atoms with Gasteiger partial charge in [-0.3, -0.25) is 9.59 Å². The first-order chi connectivity index (χ1) is 14.8. The Kier molecular flexibility index (Phi) is 6.50. The van der Waals surface area contributed by atoms with Crippen LogP contribution in [0.2, 0.25) is 0 Å². The van der Waals surface area contributed by atoms with Crippen LogP contribution in [0.3, 0.4) is 0 Å². The highest BCUT2D eigenvalue weighted by Gasteiger charge is 2.58. The van der Waals surface area contributed by atoms with Crippen molar-refractivity contribution in [3.05, 3.63) is 47.0 Å². The summed E-state index contributed by atoms with van der Waals surface area (Å²) < 4.78 is 0. The smallest absolute Gasteiger partial charge is 0.155 e. The molecule has 2 nitrogen and oxygen atoms in total. The standard InChI is InChI=1S/C19H26O2.C9H11Cl/c1-18-9-7-13(20)11-12(18)3-4-14-15-5-6-17(21)19(15,2)10-8-16(14)18;1-2-8-3-5-9(7-10)6-4-8/h11,14-16H,3-10H2,1-2H3;3-6H,2,7H2,1H3. The van der Waals surface area contributed by atoms with Crippen LogP contribution >= 0.6 is 11.6 Å². The second kappa shape index (κ2) is 8.85. The minimum atomic E-state index is -0.0246. The van der Waals surface area contributed by atoms with E-state index in [9.17, 15) is 9.59 Å². The van der Waals surface area contributed by atoms with Crippen LogP contribution in [0.1, 0.15) is 83.3 Å². The van der Waals surface area contributed by atoms with E-state index in [0.717, 1.165) is 44.9 Å². The van der Waals surface area contributed by atoms with E-state index < -0.39 is 0 Å². The van der Waals surface area contributed by atoms with Gasteiger partial charge in [0.05, 0.1) is 0 Å². The van der Waals surface area contributed by atoms with Gasteiger partial charge in [-0.2, -0.15) is 0 Å². The summed E-state index contributed by atoms with van der Waals surface area (Å²) in [5, 5.41) is 0. The molecule has 5 unspecified atom stereocenters. The van der Waals surface area contributed by atoms with Gasteiger partial charge < -0.3 is 0 Å². The Hall–Kier alpha value is -1.41. The number of aryl methyl sites for hydroxylation is 1. The lowest BCUT2D eigenvalue weighted by atomic mass is 9.47. The summed E-state index contributed by atoms with van der Waals surface area (Å²) >= 11 is 5.62. The van der Waals surface area contributed by atoms with E-state index in [1.807, 2.05) is 6.08 Å². The van der Waals surface area contributed by atoms with Crippen LogP contribution in [-0.4, -0.2) is 11.6 Å². The second-order valence-corrected chi connectivity index (χ2v) is 11.0. The van der Waals surface area contributed by atoms with Gasteiger partial charge in [-0.05, 0) is 85.3 Å². The lowest BCUT2D eigenvalue weighted by Gasteiger charge is -2.56. The van der Waals surface area contributed by atoms with Gasteiger partial charge in [-0.1, -0.05) is 50.6 Å². The molecule has 5 atom stereocenters. The summed E-state index contributed by atoms with van der Waals surface area (Å²) in [6.45, 7) is 6.79. The molecule has 3 heteroatoms. The fourth-order valence-electron chi connectivity index (χ4n) is 7.19. The van der Waals surface area contributed by atoms with Crippen molar-refractivity contribution in [2.24, 2.45) is 28.6 Å². The van der Waals surface area contributed by atoms with E-state index in [1.54, 1.807) is 0 Å². The molecule has 4 aliphatic rings. The highest BCUT2D eigenvalue weighted by molar-refractivity contribution is 6.17. The molecule has 3 fully saturated rings. The number of alkyl halides is 1. The predicted molar refractivity (Wildman–Crippen MR) is 127 cm³/mol. The quantitative estimate of drug-likeness (QED) is 0.460. The Balaban J connectivity index is 0.000000196. The average molecular weight is 441 g/mol. The molecule has 0 radical (unpaired) electrons. The number of carbonyl (C=O) groups excluding carboxylic acids is 2. The monoisotopic (exact) mass is 440 g/mol. The van der Waals surface area contributed by atoms with Crippen molar-refractivity contribution in [1.82, 2.24) is 0 Å². The van der Waals surface area contributed by atoms with E-state index in [4.69, 9.17) is 11.6 Å². The zero-order valence-electron chi connectivity index (χ0n) is 19.4. The van der Waals surface area contributed by atoms with Crippen LogP contribution in [0.4, 0.5) is 0 Å². The van der Waals surface area contributed by atoms with Crippen molar-refractivity contribution in [3.63, 3.8) is 0 Å². The third kappa shape index (κ3) is 4.06. The molecule has 0 saturated heterocycles. The highest BCUT2D eigenvalue weighted by Crippen LogP contribution is 2.64. The van der Waals surface area contributed by atoms with Gasteiger partial charge in [0.1, 0.15) is 5.78 Å². The molecule has 1 aromatic rings. The van der Waals surface area contributed by atoms with E-state index in [-0.39, 0.29) is 10.8 Å². The van der Waals surface area contributed by atoms with Crippen molar-refractivity contribution >= 4 is 23.2 Å². The van der Waals surface area contributed by atoms with Crippen LogP contribution in [0.5, 0.6) is 0 Å². The van der Waals surface area contributed by atoms with Crippen molar-refractivity contribution in [2.75, 3.05) is 0 Å². The summed E-state index contributed by atoms with van der Waals surface area (Å²) in [5.41, 5.74) is 4.20. The maximum Gasteiger partial charge on any atom is 0.155 e. The topological polar surface area (TPSA) is 34.1 Å². The molecule has 0 N–H and O–H groups in total. The maximum absolute atomic E-state index is 12.4. The third-order valence-electron chi connectivity index (χ3n) is 9.26. The van der Waals surface area contributed by atoms with Gasteiger partial charge in [0.25, 0.3) is 0 Å². The summed E-state index contributed by atoms with van der Waals surface area (Å²) in [4.78, 5) is 24.1. The molecule has 1 aromatic carbocycles. The van der Waals surface area contributed by atoms with Crippen LogP contribution in [0.25, 0.3) is 0 Å². The summed E-state index contributed by atoms with van der Waals surface area (Å²) in [6.07, 6.45) is 11.3. The maximum atomic E-state index is 12.4. The Morgan fingerprint density at radius 2 is 1.55 bits per heavy atom. The largest absolute Gasteiger partial charge is 0.299 e. The first kappa shape index (κ1) is 22.8. The molecule has 31 heavy (non-hydrogen) atoms. The van der Waals surface area contributed by atoms with E-state index in [0.29, 0.717) is 35.2 Å². The van der Waals surface area contributed by atoms with Crippen LogP contribution in [0.15, 0.2) is 35.9 Å². The molecule has 0 spiro atoms. The number of fused-ring (bicyclic) bond motifs is 5. The molecule has 3 saturated carbocycles. The van der Waals surface area contributed by atoms with Gasteiger partial charge in [0.2, 0.25) is 0 Å². The minimum Gasteiger partial charge on any atom is -0.299 e. The van der Waals surface area contributed by atoms with Crippen molar-refractivity contribution < 1.29 is 9.59 Å². The molecule has 0 heterocycles. The van der Waals surface area contributed by atoms with Crippen LogP contribution in [-0.2, 0) is 21.9 Å². The summed E-state index contributed by atoms with van der Waals surface area (Å²) in [6, 6.07) is 8.40. The molecule has 0 bridgehead atoms. The van der Waals surface area contributed by atoms with E-state index in [1.165, 1.54) is 29.5 Å². The van der Waals surface area contributed by atoms with E-state index >= 15 is 0 Å². The Morgan fingerprint density at radius 3 is 2.23 bits per heavy atom. The van der Waals surface area contributed by atoms with Gasteiger partial charge in [-0.15, -0.1) is 11.6 Å². The number of halogens is 1. The molecule has 0 amide bonds. The van der Waals surface area contributed by atoms with Gasteiger partial charge in [0.15, 0.2) is 5.78 Å². The Morgan fingerprint density at radius 1 is 0.871 bits per heavy atom. The number of carbonyl (C=O) groups is 2. The molecule has 0 aliphatic heterocycles. The number of Topliss-reactive ketones (excluding diaryl/α,β-unsaturated/α-hetero) is 1. The Bertz CT molecular complexity index is 847. The fraction of sp³-hybridized carbons (Fsp3) is 0.643. The first-order valence-electron chi connectivity index (χ1n) is 12.2. The number of rotatable bonds is 2. The number of ketones is 2. The van der Waals surface area contributed by atoms with Gasteiger partial charge >= 0.3 is 0 Å². The molecule has 5 rings (SSSR count). The summed E-state index contributed by atoms with van der Waals surface area (Å²) in [7, 11) is 0. The lowest BCUT2D eigenvalue weighted by Crippen LogP contribution is -2.50. The minimum absolute atomic E-state index is 0.0246. The SMILES string of the molecule is CC12CCC3C(CCC4=CC(=O)CCC43C)C1CCC2=O.CCc1ccc(CCl)cc1. The number of allylic oxidation sites excluding steroid dienone is 1. The Labute approximate surface area is 192 Å². The normalized spacial score (nSPS) is 36.5. The highest BCUT2D eigenvalue weighted by atomic mass is 35.5. The fourth-order valence-corrected chi connectivity index (χ4v) is 7.37. The number of hydrogen-bond acceptors (Lipinski definition) is 2. The summed E-state index contributed by atoms with van der Waals surface area (Å²) in [5.74, 6) is 3.50. The third-order valence-corrected chi connectivity index (χ3v) is 9.57. The van der Waals surface area contributed by atoms with Gasteiger partial charge in [0, 0.05) is 24.1 Å². The molecule has 4 aliphatic carbocycles. The lowest BCUT2D eigenvalue weighted by molar-refractivity contribution is -0.132. The average Bonchev–Trinajstić information content (AvgIpc) is 3.09. The first-order valence-corrected chi connectivity index (χ1v) is 12.8. The molecular formula is C28H37ClO2. The molecular weight excluding hydrogens is 404 g/mol. The molecule has 168 valence electrons. The van der Waals surface area contributed by atoms with Crippen molar-refractivity contribution in [2.45, 2.75) is 84.4 Å². The molecule has 0 aromatic heterocycles. The van der Waals surface area contributed by atoms with Gasteiger partial charge in [-0.25, -0.2) is 0 Å². The number of hydrogen-bond donors (Lipinski definition) is 0. The van der Waals surface area contributed by atoms with Crippen molar-refractivity contribution in [3.8, 4) is 0 Å². The zero-order valence-corrected chi connectivity index (χ0v) is 20.1. The van der Waals surface area contributed by atoms with Crippen molar-refractivity contribution in [1.29, 1.82) is 0 Å². The number of benzene rings is 1. The predicted octanol–water partition coefficient (Wildman–Crippen LogP) is 7.08. The zero-order chi connectivity index (χ0) is 22.2. The van der Waals surface area contributed by atoms with Crippen LogP contribution in [0, 0.1) is 28.6 Å². The van der Waals surface area contributed by atoms with Crippen LogP contribution < -0.4 is 0 Å². The van der Waals surface area contributed by atoms with E-state index in [2.05, 4.69) is 45.0 Å².